The lowest BCUT2D eigenvalue weighted by atomic mass is 10.0. The van der Waals surface area contributed by atoms with E-state index < -0.39 is 0 Å². The van der Waals surface area contributed by atoms with Crippen LogP contribution in [0.25, 0.3) is 10.4 Å². The van der Waals surface area contributed by atoms with E-state index in [2.05, 4.69) is 18.8 Å². The largest absolute Gasteiger partial charge is 0.328 e. The summed E-state index contributed by atoms with van der Waals surface area (Å²) in [7, 11) is 0. The van der Waals surface area contributed by atoms with E-state index in [0.717, 1.165) is 21.0 Å². The number of hydrogen-bond donors (Lipinski definition) is 1. The molecule has 28 heavy (non-hydrogen) atoms. The Balaban J connectivity index is 2.02. The van der Waals surface area contributed by atoms with Gasteiger partial charge in [0.25, 0.3) is 5.91 Å². The fourth-order valence-corrected chi connectivity index (χ4v) is 4.29. The van der Waals surface area contributed by atoms with Gasteiger partial charge in [0.15, 0.2) is 0 Å². The molecule has 2 aromatic carbocycles. The molecule has 0 bridgehead atoms. The molecule has 0 aliphatic carbocycles. The molecule has 1 heterocycles. The number of nitrogens with two attached hydrogens (primary N) is 1. The Bertz CT molecular complexity index is 906. The van der Waals surface area contributed by atoms with Crippen molar-refractivity contribution in [1.82, 2.24) is 9.88 Å². The van der Waals surface area contributed by atoms with Crippen molar-refractivity contribution in [2.24, 2.45) is 11.7 Å². The molecule has 1 atom stereocenters. The van der Waals surface area contributed by atoms with Gasteiger partial charge in [-0.3, -0.25) is 4.79 Å². The van der Waals surface area contributed by atoms with Crippen molar-refractivity contribution >= 4 is 17.2 Å². The highest BCUT2D eigenvalue weighted by molar-refractivity contribution is 7.15. The normalized spacial score (nSPS) is 12.2. The van der Waals surface area contributed by atoms with Crippen molar-refractivity contribution in [3.63, 3.8) is 0 Å². The van der Waals surface area contributed by atoms with E-state index in [4.69, 9.17) is 5.73 Å². The molecule has 1 amide bonds. The van der Waals surface area contributed by atoms with Crippen molar-refractivity contribution in [3.05, 3.63) is 76.9 Å². The summed E-state index contributed by atoms with van der Waals surface area (Å²) in [6, 6.07) is 20.0. The molecule has 5 heteroatoms. The molecule has 2 N–H and O–H groups in total. The third-order valence-corrected chi connectivity index (χ3v) is 5.86. The van der Waals surface area contributed by atoms with Gasteiger partial charge in [0.2, 0.25) is 0 Å². The third-order valence-electron chi connectivity index (χ3n) is 4.84. The lowest BCUT2D eigenvalue weighted by Crippen LogP contribution is -2.47. The van der Waals surface area contributed by atoms with Gasteiger partial charge in [-0.05, 0) is 24.0 Å². The van der Waals surface area contributed by atoms with Gasteiger partial charge in [-0.15, -0.1) is 11.3 Å². The lowest BCUT2D eigenvalue weighted by molar-refractivity contribution is 0.0610. The van der Waals surface area contributed by atoms with Gasteiger partial charge in [-0.2, -0.15) is 0 Å². The van der Waals surface area contributed by atoms with Crippen molar-refractivity contribution < 1.29 is 4.79 Å². The fourth-order valence-electron chi connectivity index (χ4n) is 3.37. The van der Waals surface area contributed by atoms with Crippen molar-refractivity contribution in [2.75, 3.05) is 6.54 Å². The smallest absolute Gasteiger partial charge is 0.274 e. The maximum Gasteiger partial charge on any atom is 0.274 e. The number of amides is 1. The SMILES string of the molecule is Cc1nc(C(=O)N(Cc2ccccc2)[C@@H](CN)C(C)C)c(-c2ccccc2)s1. The Hall–Kier alpha value is -2.50. The van der Waals surface area contributed by atoms with E-state index >= 15 is 0 Å². The predicted octanol–water partition coefficient (Wildman–Crippen LogP) is 4.74. The molecule has 4 nitrogen and oxygen atoms in total. The summed E-state index contributed by atoms with van der Waals surface area (Å²) in [5.74, 6) is 0.189. The summed E-state index contributed by atoms with van der Waals surface area (Å²) in [4.78, 5) is 21.1. The highest BCUT2D eigenvalue weighted by Crippen LogP contribution is 2.32. The second-order valence-corrected chi connectivity index (χ2v) is 8.45. The first-order valence-electron chi connectivity index (χ1n) is 9.59. The van der Waals surface area contributed by atoms with Crippen LogP contribution in [-0.2, 0) is 6.54 Å². The molecule has 0 unspecified atom stereocenters. The minimum absolute atomic E-state index is 0.0571. The average molecular weight is 394 g/mol. The monoisotopic (exact) mass is 393 g/mol. The second kappa shape index (κ2) is 9.13. The van der Waals surface area contributed by atoms with E-state index in [9.17, 15) is 4.79 Å². The Kier molecular flexibility index (Phi) is 6.60. The maximum absolute atomic E-state index is 13.7. The number of nitrogens with zero attached hydrogens (tertiary/aromatic N) is 2. The third kappa shape index (κ3) is 4.49. The molecule has 0 spiro atoms. The number of hydrogen-bond acceptors (Lipinski definition) is 4. The van der Waals surface area contributed by atoms with Crippen LogP contribution >= 0.6 is 11.3 Å². The first-order chi connectivity index (χ1) is 13.5. The number of aromatic nitrogens is 1. The first-order valence-corrected chi connectivity index (χ1v) is 10.4. The average Bonchev–Trinajstić information content (AvgIpc) is 3.10. The highest BCUT2D eigenvalue weighted by atomic mass is 32.1. The number of rotatable bonds is 7. The maximum atomic E-state index is 13.7. The van der Waals surface area contributed by atoms with Gasteiger partial charge in [-0.1, -0.05) is 74.5 Å². The zero-order valence-electron chi connectivity index (χ0n) is 16.6. The van der Waals surface area contributed by atoms with Crippen molar-refractivity contribution in [1.29, 1.82) is 0 Å². The lowest BCUT2D eigenvalue weighted by Gasteiger charge is -2.33. The Labute approximate surface area is 171 Å². The Morgan fingerprint density at radius 1 is 1.07 bits per heavy atom. The Morgan fingerprint density at radius 3 is 2.25 bits per heavy atom. The fraction of sp³-hybridized carbons (Fsp3) is 0.304. The van der Waals surface area contributed by atoms with Crippen molar-refractivity contribution in [3.8, 4) is 10.4 Å². The minimum atomic E-state index is -0.0591. The van der Waals surface area contributed by atoms with Crippen LogP contribution in [0.2, 0.25) is 0 Å². The first kappa shape index (κ1) is 20.2. The van der Waals surface area contributed by atoms with Gasteiger partial charge in [0.05, 0.1) is 9.88 Å². The van der Waals surface area contributed by atoms with Gasteiger partial charge in [-0.25, -0.2) is 4.98 Å². The molecule has 3 aromatic rings. The Morgan fingerprint density at radius 2 is 1.68 bits per heavy atom. The summed E-state index contributed by atoms with van der Waals surface area (Å²) in [6.45, 7) is 7.09. The van der Waals surface area contributed by atoms with Crippen LogP contribution < -0.4 is 5.73 Å². The van der Waals surface area contributed by atoms with Crippen LogP contribution in [0.1, 0.15) is 34.9 Å². The molecule has 0 fully saturated rings. The van der Waals surface area contributed by atoms with Crippen LogP contribution in [0.3, 0.4) is 0 Å². The van der Waals surface area contributed by atoms with Crippen LogP contribution in [0.5, 0.6) is 0 Å². The van der Waals surface area contributed by atoms with E-state index in [1.807, 2.05) is 72.5 Å². The summed E-state index contributed by atoms with van der Waals surface area (Å²) < 4.78 is 0. The van der Waals surface area contributed by atoms with Gasteiger partial charge in [0.1, 0.15) is 5.69 Å². The molecule has 1 aromatic heterocycles. The number of aryl methyl sites for hydroxylation is 1. The van der Waals surface area contributed by atoms with Gasteiger partial charge in [0, 0.05) is 19.1 Å². The molecule has 0 saturated carbocycles. The molecule has 0 aliphatic heterocycles. The van der Waals surface area contributed by atoms with E-state index in [1.54, 1.807) is 11.3 Å². The standard InChI is InChI=1S/C23H27N3OS/c1-16(2)20(14-24)26(15-18-10-6-4-7-11-18)23(27)21-22(28-17(3)25-21)19-12-8-5-9-13-19/h4-13,16,20H,14-15,24H2,1-3H3/t20-/m0/s1. The van der Waals surface area contributed by atoms with Gasteiger partial charge >= 0.3 is 0 Å². The quantitative estimate of drug-likeness (QED) is 0.630. The summed E-state index contributed by atoms with van der Waals surface area (Å²) >= 11 is 1.56. The number of benzene rings is 2. The van der Waals surface area contributed by atoms with Crippen LogP contribution in [0, 0.1) is 12.8 Å². The molecular formula is C23H27N3OS. The van der Waals surface area contributed by atoms with E-state index in [0.29, 0.717) is 18.8 Å². The molecule has 146 valence electrons. The molecule has 0 saturated heterocycles. The molecular weight excluding hydrogens is 366 g/mol. The van der Waals surface area contributed by atoms with E-state index in [-0.39, 0.29) is 17.9 Å². The molecule has 0 aliphatic rings. The summed E-state index contributed by atoms with van der Waals surface area (Å²) in [6.07, 6.45) is 0. The minimum Gasteiger partial charge on any atom is -0.328 e. The number of carbonyl (C=O) groups is 1. The predicted molar refractivity (Wildman–Crippen MR) is 116 cm³/mol. The number of carbonyl (C=O) groups excluding carboxylic acids is 1. The molecule has 3 rings (SSSR count). The molecule has 0 radical (unpaired) electrons. The second-order valence-electron chi connectivity index (χ2n) is 7.24. The van der Waals surface area contributed by atoms with Crippen LogP contribution in [0.4, 0.5) is 0 Å². The van der Waals surface area contributed by atoms with E-state index in [1.165, 1.54) is 0 Å². The zero-order chi connectivity index (χ0) is 20.1. The number of thiazole rings is 1. The summed E-state index contributed by atoms with van der Waals surface area (Å²) in [5.41, 5.74) is 8.71. The summed E-state index contributed by atoms with van der Waals surface area (Å²) in [5, 5.41) is 0.885. The van der Waals surface area contributed by atoms with Crippen molar-refractivity contribution in [2.45, 2.75) is 33.4 Å². The zero-order valence-corrected chi connectivity index (χ0v) is 17.4. The van der Waals surface area contributed by atoms with Gasteiger partial charge < -0.3 is 10.6 Å². The van der Waals surface area contributed by atoms with Crippen LogP contribution in [0.15, 0.2) is 60.7 Å². The topological polar surface area (TPSA) is 59.2 Å². The van der Waals surface area contributed by atoms with Crippen LogP contribution in [-0.4, -0.2) is 28.4 Å². The highest BCUT2D eigenvalue weighted by Gasteiger charge is 2.30.